The Hall–Kier alpha value is -2.34. The second-order valence-corrected chi connectivity index (χ2v) is 7.14. The highest BCUT2D eigenvalue weighted by Crippen LogP contribution is 2.40. The van der Waals surface area contributed by atoms with Gasteiger partial charge in [-0.25, -0.2) is 0 Å². The lowest BCUT2D eigenvalue weighted by molar-refractivity contribution is 0.174. The Kier molecular flexibility index (Phi) is 4.91. The van der Waals surface area contributed by atoms with Crippen LogP contribution in [0.5, 0.6) is 23.0 Å². The SMILES string of the molecule is [B]C1Cc2ccc(OC)c(OC)c2CN(C)CCc2cc3c(cc21)OCO3. The molecule has 0 saturated carbocycles. The molecule has 1 atom stereocenters. The van der Waals surface area contributed by atoms with Gasteiger partial charge < -0.3 is 23.8 Å². The van der Waals surface area contributed by atoms with Gasteiger partial charge in [0.15, 0.2) is 23.0 Å². The molecule has 4 rings (SSSR count). The van der Waals surface area contributed by atoms with Crippen LogP contribution >= 0.6 is 0 Å². The zero-order chi connectivity index (χ0) is 19.0. The highest BCUT2D eigenvalue weighted by Gasteiger charge is 2.24. The van der Waals surface area contributed by atoms with Crippen LogP contribution in [-0.2, 0) is 19.4 Å². The van der Waals surface area contributed by atoms with Crippen LogP contribution in [0.15, 0.2) is 24.3 Å². The van der Waals surface area contributed by atoms with E-state index in [1.807, 2.05) is 12.1 Å². The first-order valence-electron chi connectivity index (χ1n) is 9.20. The van der Waals surface area contributed by atoms with Crippen LogP contribution in [-0.4, -0.2) is 47.4 Å². The van der Waals surface area contributed by atoms with Crippen LogP contribution in [0, 0.1) is 0 Å². The molecule has 1 unspecified atom stereocenters. The Morgan fingerprint density at radius 1 is 1.07 bits per heavy atom. The second-order valence-electron chi connectivity index (χ2n) is 7.14. The highest BCUT2D eigenvalue weighted by atomic mass is 16.7. The van der Waals surface area contributed by atoms with Gasteiger partial charge in [-0.2, -0.15) is 0 Å². The molecular weight excluding hydrogens is 341 g/mol. The summed E-state index contributed by atoms with van der Waals surface area (Å²) in [7, 11) is 12.1. The average molecular weight is 365 g/mol. The van der Waals surface area contributed by atoms with Crippen molar-refractivity contribution in [3.63, 3.8) is 0 Å². The molecular formula is C21H24BNO4. The molecule has 2 aliphatic heterocycles. The number of fused-ring (bicyclic) bond motifs is 3. The quantitative estimate of drug-likeness (QED) is 0.766. The van der Waals surface area contributed by atoms with Crippen molar-refractivity contribution in [2.75, 3.05) is 34.6 Å². The lowest BCUT2D eigenvalue weighted by atomic mass is 9.73. The molecule has 0 N–H and O–H groups in total. The van der Waals surface area contributed by atoms with Gasteiger partial charge in [0.05, 0.1) is 22.1 Å². The van der Waals surface area contributed by atoms with Crippen LogP contribution in [0.25, 0.3) is 0 Å². The Bertz CT molecular complexity index is 855. The smallest absolute Gasteiger partial charge is 0.231 e. The first-order chi connectivity index (χ1) is 13.1. The van der Waals surface area contributed by atoms with Gasteiger partial charge in [0, 0.05) is 18.7 Å². The summed E-state index contributed by atoms with van der Waals surface area (Å²) in [4.78, 5) is 2.30. The third-order valence-electron chi connectivity index (χ3n) is 5.41. The van der Waals surface area contributed by atoms with Gasteiger partial charge in [0.25, 0.3) is 0 Å². The first-order valence-corrected chi connectivity index (χ1v) is 9.20. The minimum Gasteiger partial charge on any atom is -0.493 e. The molecule has 5 nitrogen and oxygen atoms in total. The highest BCUT2D eigenvalue weighted by molar-refractivity contribution is 6.12. The molecule has 0 aromatic heterocycles. The first kappa shape index (κ1) is 18.0. The normalized spacial score (nSPS) is 19.1. The zero-order valence-electron chi connectivity index (χ0n) is 16.1. The monoisotopic (exact) mass is 365 g/mol. The number of rotatable bonds is 2. The Labute approximate surface area is 161 Å². The maximum atomic E-state index is 6.66. The van der Waals surface area contributed by atoms with Crippen LogP contribution < -0.4 is 18.9 Å². The summed E-state index contributed by atoms with van der Waals surface area (Å²) < 4.78 is 22.3. The number of methoxy groups -OCH3 is 2. The molecule has 27 heavy (non-hydrogen) atoms. The van der Waals surface area contributed by atoms with Gasteiger partial charge in [0.1, 0.15) is 0 Å². The van der Waals surface area contributed by atoms with Gasteiger partial charge in [-0.1, -0.05) is 6.07 Å². The number of ether oxygens (including phenoxy) is 4. The largest absolute Gasteiger partial charge is 0.493 e. The van der Waals surface area contributed by atoms with Crippen molar-refractivity contribution in [1.82, 2.24) is 4.90 Å². The maximum absolute atomic E-state index is 6.66. The summed E-state index contributed by atoms with van der Waals surface area (Å²) in [5, 5.41) is 0. The second kappa shape index (κ2) is 7.35. The van der Waals surface area contributed by atoms with E-state index in [0.29, 0.717) is 0 Å². The third kappa shape index (κ3) is 3.34. The summed E-state index contributed by atoms with van der Waals surface area (Å²) in [6.07, 6.45) is 1.62. The predicted molar refractivity (Wildman–Crippen MR) is 104 cm³/mol. The minimum absolute atomic E-state index is 0.130. The van der Waals surface area contributed by atoms with E-state index in [0.717, 1.165) is 60.1 Å². The summed E-state index contributed by atoms with van der Waals surface area (Å²) in [6.45, 7) is 1.95. The molecule has 0 amide bonds. The molecule has 2 aromatic carbocycles. The van der Waals surface area contributed by atoms with Gasteiger partial charge in [-0.3, -0.25) is 0 Å². The fraction of sp³-hybridized carbons (Fsp3) is 0.429. The van der Waals surface area contributed by atoms with E-state index in [1.165, 1.54) is 11.1 Å². The number of benzene rings is 2. The molecule has 2 aromatic rings. The van der Waals surface area contributed by atoms with Crippen molar-refractivity contribution in [3.8, 4) is 23.0 Å². The van der Waals surface area contributed by atoms with Gasteiger partial charge >= 0.3 is 0 Å². The standard InChI is InChI=1S/C21H24BNO4/c1-23-7-6-14-9-19-20(27-12-26-19)10-15(14)17(22)8-13-4-5-18(24-2)21(25-3)16(13)11-23/h4-5,9-10,17H,6-8,11-12H2,1-3H3. The van der Waals surface area contributed by atoms with Crippen molar-refractivity contribution < 1.29 is 18.9 Å². The molecule has 0 fully saturated rings. The maximum Gasteiger partial charge on any atom is 0.231 e. The van der Waals surface area contributed by atoms with Crippen LogP contribution in [0.4, 0.5) is 0 Å². The molecule has 0 spiro atoms. The zero-order valence-corrected chi connectivity index (χ0v) is 16.1. The Morgan fingerprint density at radius 3 is 2.59 bits per heavy atom. The van der Waals surface area contributed by atoms with Gasteiger partial charge in [-0.05, 0) is 60.6 Å². The van der Waals surface area contributed by atoms with Crippen LogP contribution in [0.2, 0.25) is 0 Å². The number of hydrogen-bond acceptors (Lipinski definition) is 5. The molecule has 2 aliphatic rings. The van der Waals surface area contributed by atoms with E-state index in [-0.39, 0.29) is 12.6 Å². The van der Waals surface area contributed by atoms with Crippen molar-refractivity contribution >= 4 is 7.85 Å². The number of nitrogens with zero attached hydrogens (tertiary/aromatic N) is 1. The van der Waals surface area contributed by atoms with E-state index in [4.69, 9.17) is 26.8 Å². The number of likely N-dealkylation sites (N-methyl/N-ethyl adjacent to an activating group) is 1. The van der Waals surface area contributed by atoms with Gasteiger partial charge in [-0.15, -0.1) is 0 Å². The van der Waals surface area contributed by atoms with Crippen molar-refractivity contribution in [2.24, 2.45) is 0 Å². The van der Waals surface area contributed by atoms with Crippen molar-refractivity contribution in [3.05, 3.63) is 46.5 Å². The Morgan fingerprint density at radius 2 is 1.85 bits per heavy atom. The van der Waals surface area contributed by atoms with Crippen LogP contribution in [0.1, 0.15) is 28.1 Å². The fourth-order valence-corrected chi connectivity index (χ4v) is 3.96. The minimum atomic E-state index is -0.130. The van der Waals surface area contributed by atoms with E-state index < -0.39 is 0 Å². The molecule has 6 heteroatoms. The average Bonchev–Trinajstić information content (AvgIpc) is 3.13. The Balaban J connectivity index is 1.79. The topological polar surface area (TPSA) is 40.2 Å². The predicted octanol–water partition coefficient (Wildman–Crippen LogP) is 2.87. The van der Waals surface area contributed by atoms with E-state index in [9.17, 15) is 0 Å². The van der Waals surface area contributed by atoms with Crippen LogP contribution in [0.3, 0.4) is 0 Å². The molecule has 0 saturated heterocycles. The lowest BCUT2D eigenvalue weighted by Crippen LogP contribution is -2.24. The van der Waals surface area contributed by atoms with Gasteiger partial charge in [0.2, 0.25) is 6.79 Å². The van der Waals surface area contributed by atoms with E-state index in [2.05, 4.69) is 24.1 Å². The summed E-state index contributed by atoms with van der Waals surface area (Å²) in [5.41, 5.74) is 4.66. The van der Waals surface area contributed by atoms with Crippen molar-refractivity contribution in [2.45, 2.75) is 25.2 Å². The molecule has 0 aliphatic carbocycles. The third-order valence-corrected chi connectivity index (χ3v) is 5.41. The molecule has 0 bridgehead atoms. The summed E-state index contributed by atoms with van der Waals surface area (Å²) in [5.74, 6) is 3.00. The summed E-state index contributed by atoms with van der Waals surface area (Å²) >= 11 is 0. The summed E-state index contributed by atoms with van der Waals surface area (Å²) in [6, 6.07) is 8.18. The molecule has 2 heterocycles. The fourth-order valence-electron chi connectivity index (χ4n) is 3.96. The van der Waals surface area contributed by atoms with E-state index in [1.54, 1.807) is 14.2 Å². The van der Waals surface area contributed by atoms with E-state index >= 15 is 0 Å². The number of hydrogen-bond donors (Lipinski definition) is 0. The van der Waals surface area contributed by atoms with Crippen molar-refractivity contribution in [1.29, 1.82) is 0 Å². The lowest BCUT2D eigenvalue weighted by Gasteiger charge is -2.27. The molecule has 140 valence electrons. The molecule has 2 radical (unpaired) electrons.